The highest BCUT2D eigenvalue weighted by Crippen LogP contribution is 2.31. The van der Waals surface area contributed by atoms with Gasteiger partial charge in [0.25, 0.3) is 5.91 Å². The third-order valence-electron chi connectivity index (χ3n) is 6.32. The number of amides is 1. The highest BCUT2D eigenvalue weighted by molar-refractivity contribution is 5.96. The normalized spacial score (nSPS) is 23.3. The van der Waals surface area contributed by atoms with Gasteiger partial charge in [-0.15, -0.1) is 0 Å². The van der Waals surface area contributed by atoms with Gasteiger partial charge in [-0.1, -0.05) is 12.8 Å². The zero-order valence-electron chi connectivity index (χ0n) is 16.0. The highest BCUT2D eigenvalue weighted by Gasteiger charge is 2.25. The standard InChI is InChI=1S/C21H26N6O/c28-21(25-16-6-8-18(9-7-16)27-11-3-10-24-27)15-12-19-20(22-13-15)26(14-23-19)17-4-1-2-5-17/h3,10-14,16-18H,1-2,4-9H2,(H,25,28). The van der Waals surface area contributed by atoms with Crippen LogP contribution < -0.4 is 5.32 Å². The highest BCUT2D eigenvalue weighted by atomic mass is 16.1. The fourth-order valence-corrected chi connectivity index (χ4v) is 4.74. The van der Waals surface area contributed by atoms with Gasteiger partial charge in [0.1, 0.15) is 5.52 Å². The Morgan fingerprint density at radius 3 is 2.61 bits per heavy atom. The molecule has 0 spiro atoms. The lowest BCUT2D eigenvalue weighted by Crippen LogP contribution is -2.38. The van der Waals surface area contributed by atoms with E-state index in [1.54, 1.807) is 6.20 Å². The lowest BCUT2D eigenvalue weighted by Gasteiger charge is -2.29. The molecule has 0 saturated heterocycles. The molecule has 0 radical (unpaired) electrons. The smallest absolute Gasteiger partial charge is 0.253 e. The van der Waals surface area contributed by atoms with Crippen LogP contribution in [0.25, 0.3) is 11.2 Å². The molecule has 0 atom stereocenters. The van der Waals surface area contributed by atoms with Crippen molar-refractivity contribution in [2.75, 3.05) is 0 Å². The van der Waals surface area contributed by atoms with Gasteiger partial charge in [0.05, 0.1) is 17.9 Å². The van der Waals surface area contributed by atoms with Crippen LogP contribution >= 0.6 is 0 Å². The number of rotatable bonds is 4. The molecule has 28 heavy (non-hydrogen) atoms. The summed E-state index contributed by atoms with van der Waals surface area (Å²) < 4.78 is 4.22. The summed E-state index contributed by atoms with van der Waals surface area (Å²) in [5, 5.41) is 7.53. The van der Waals surface area contributed by atoms with Crippen LogP contribution in [0.4, 0.5) is 0 Å². The lowest BCUT2D eigenvalue weighted by atomic mass is 9.91. The molecule has 0 aliphatic heterocycles. The maximum absolute atomic E-state index is 12.7. The second kappa shape index (κ2) is 7.37. The molecule has 1 N–H and O–H groups in total. The van der Waals surface area contributed by atoms with E-state index in [4.69, 9.17) is 0 Å². The third kappa shape index (κ3) is 3.30. The van der Waals surface area contributed by atoms with E-state index in [0.717, 1.165) is 36.8 Å². The SMILES string of the molecule is O=C(NC1CCC(n2cccn2)CC1)c1cnc2c(c1)ncn2C1CCCC1. The molecule has 146 valence electrons. The molecular formula is C21H26N6O. The zero-order chi connectivity index (χ0) is 18.9. The lowest BCUT2D eigenvalue weighted by molar-refractivity contribution is 0.0921. The molecule has 7 nitrogen and oxygen atoms in total. The predicted octanol–water partition coefficient (Wildman–Crippen LogP) is 3.66. The fraction of sp³-hybridized carbons (Fsp3) is 0.524. The molecule has 2 fully saturated rings. The maximum atomic E-state index is 12.7. The van der Waals surface area contributed by atoms with Crippen LogP contribution in [0.1, 0.15) is 73.8 Å². The van der Waals surface area contributed by atoms with Crippen LogP contribution in [0.5, 0.6) is 0 Å². The minimum absolute atomic E-state index is 0.0487. The summed E-state index contributed by atoms with van der Waals surface area (Å²) in [6.07, 6.45) is 16.4. The second-order valence-electron chi connectivity index (χ2n) is 8.12. The molecule has 2 aliphatic rings. The van der Waals surface area contributed by atoms with Crippen molar-refractivity contribution < 1.29 is 4.79 Å². The minimum Gasteiger partial charge on any atom is -0.349 e. The van der Waals surface area contributed by atoms with Crippen molar-refractivity contribution in [2.45, 2.75) is 69.5 Å². The predicted molar refractivity (Wildman–Crippen MR) is 106 cm³/mol. The summed E-state index contributed by atoms with van der Waals surface area (Å²) >= 11 is 0. The van der Waals surface area contributed by atoms with Crippen molar-refractivity contribution in [3.63, 3.8) is 0 Å². The van der Waals surface area contributed by atoms with E-state index in [2.05, 4.69) is 25.0 Å². The summed E-state index contributed by atoms with van der Waals surface area (Å²) in [5.74, 6) is -0.0487. The topological polar surface area (TPSA) is 77.6 Å². The van der Waals surface area contributed by atoms with Crippen molar-refractivity contribution in [2.24, 2.45) is 0 Å². The van der Waals surface area contributed by atoms with Gasteiger partial charge in [0.15, 0.2) is 5.65 Å². The second-order valence-corrected chi connectivity index (χ2v) is 8.12. The molecule has 2 aliphatic carbocycles. The summed E-state index contributed by atoms with van der Waals surface area (Å²) in [4.78, 5) is 21.8. The Balaban J connectivity index is 1.24. The number of nitrogens with one attached hydrogen (secondary N) is 1. The Labute approximate surface area is 164 Å². The van der Waals surface area contributed by atoms with E-state index in [-0.39, 0.29) is 11.9 Å². The molecule has 0 aromatic carbocycles. The molecule has 5 rings (SSSR count). The van der Waals surface area contributed by atoms with E-state index in [1.807, 2.05) is 35.5 Å². The number of carbonyl (C=O) groups is 1. The Bertz CT molecular complexity index is 949. The Morgan fingerprint density at radius 2 is 1.86 bits per heavy atom. The Kier molecular flexibility index (Phi) is 4.58. The van der Waals surface area contributed by atoms with Crippen LogP contribution in [0, 0.1) is 0 Å². The number of carbonyl (C=O) groups excluding carboxylic acids is 1. The van der Waals surface area contributed by atoms with Crippen LogP contribution in [-0.2, 0) is 0 Å². The molecule has 2 saturated carbocycles. The Hall–Kier alpha value is -2.70. The molecule has 3 aromatic heterocycles. The number of hydrogen-bond donors (Lipinski definition) is 1. The van der Waals surface area contributed by atoms with Crippen LogP contribution in [0.3, 0.4) is 0 Å². The molecule has 3 heterocycles. The third-order valence-corrected chi connectivity index (χ3v) is 6.32. The summed E-state index contributed by atoms with van der Waals surface area (Å²) in [5.41, 5.74) is 2.29. The van der Waals surface area contributed by atoms with E-state index >= 15 is 0 Å². The molecular weight excluding hydrogens is 352 g/mol. The Morgan fingerprint density at radius 1 is 1.04 bits per heavy atom. The van der Waals surface area contributed by atoms with Crippen molar-refractivity contribution in [3.05, 3.63) is 42.6 Å². The first-order chi connectivity index (χ1) is 13.8. The first-order valence-corrected chi connectivity index (χ1v) is 10.4. The molecule has 7 heteroatoms. The number of hydrogen-bond acceptors (Lipinski definition) is 4. The number of nitrogens with zero attached hydrogens (tertiary/aromatic N) is 5. The van der Waals surface area contributed by atoms with Gasteiger partial charge in [-0.2, -0.15) is 5.10 Å². The van der Waals surface area contributed by atoms with Gasteiger partial charge in [-0.05, 0) is 50.7 Å². The first kappa shape index (κ1) is 17.4. The van der Waals surface area contributed by atoms with Gasteiger partial charge >= 0.3 is 0 Å². The zero-order valence-corrected chi connectivity index (χ0v) is 16.0. The van der Waals surface area contributed by atoms with Gasteiger partial charge < -0.3 is 9.88 Å². The monoisotopic (exact) mass is 378 g/mol. The van der Waals surface area contributed by atoms with Crippen molar-refractivity contribution in [1.82, 2.24) is 29.6 Å². The quantitative estimate of drug-likeness (QED) is 0.752. The largest absolute Gasteiger partial charge is 0.349 e. The first-order valence-electron chi connectivity index (χ1n) is 10.4. The summed E-state index contributed by atoms with van der Waals surface area (Å²) in [6, 6.07) is 5.00. The molecule has 1 amide bonds. The number of aromatic nitrogens is 5. The number of imidazole rings is 1. The van der Waals surface area contributed by atoms with E-state index < -0.39 is 0 Å². The van der Waals surface area contributed by atoms with Crippen LogP contribution in [-0.4, -0.2) is 36.3 Å². The van der Waals surface area contributed by atoms with E-state index in [9.17, 15) is 4.79 Å². The maximum Gasteiger partial charge on any atom is 0.253 e. The summed E-state index contributed by atoms with van der Waals surface area (Å²) in [7, 11) is 0. The van der Waals surface area contributed by atoms with Gasteiger partial charge in [0.2, 0.25) is 0 Å². The average Bonchev–Trinajstić information content (AvgIpc) is 3.48. The number of pyridine rings is 1. The van der Waals surface area contributed by atoms with Crippen molar-refractivity contribution in [1.29, 1.82) is 0 Å². The molecule has 0 unspecified atom stereocenters. The average molecular weight is 378 g/mol. The van der Waals surface area contributed by atoms with Gasteiger partial charge in [-0.3, -0.25) is 9.48 Å². The number of fused-ring (bicyclic) bond motifs is 1. The molecule has 3 aromatic rings. The van der Waals surface area contributed by atoms with Crippen LogP contribution in [0.2, 0.25) is 0 Å². The molecule has 0 bridgehead atoms. The fourth-order valence-electron chi connectivity index (χ4n) is 4.74. The summed E-state index contributed by atoms with van der Waals surface area (Å²) in [6.45, 7) is 0. The van der Waals surface area contributed by atoms with E-state index in [1.165, 1.54) is 25.7 Å². The van der Waals surface area contributed by atoms with E-state index in [0.29, 0.717) is 17.6 Å². The van der Waals surface area contributed by atoms with Crippen LogP contribution in [0.15, 0.2) is 37.1 Å². The van der Waals surface area contributed by atoms with Gasteiger partial charge in [-0.25, -0.2) is 9.97 Å². The van der Waals surface area contributed by atoms with Crippen molar-refractivity contribution >= 4 is 17.1 Å². The van der Waals surface area contributed by atoms with Gasteiger partial charge in [0, 0.05) is 30.7 Å². The van der Waals surface area contributed by atoms with Crippen molar-refractivity contribution in [3.8, 4) is 0 Å². The minimum atomic E-state index is -0.0487.